The average molecular weight is 443 g/mol. The minimum atomic E-state index is -0.454. The summed E-state index contributed by atoms with van der Waals surface area (Å²) < 4.78 is 8.48. The molecule has 0 saturated heterocycles. The van der Waals surface area contributed by atoms with Crippen LogP contribution in [0.5, 0.6) is 0 Å². The zero-order chi connectivity index (χ0) is 23.0. The molecule has 2 aliphatic carbocycles. The summed E-state index contributed by atoms with van der Waals surface area (Å²) in [5, 5.41) is 0.331. The van der Waals surface area contributed by atoms with Crippen LogP contribution in [0, 0.1) is 5.41 Å². The molecular formula is C24H34N4O4. The molecule has 2 saturated carbocycles. The van der Waals surface area contributed by atoms with E-state index in [4.69, 9.17) is 4.74 Å². The lowest BCUT2D eigenvalue weighted by atomic mass is 9.54. The maximum Gasteiger partial charge on any atom is 0.332 e. The van der Waals surface area contributed by atoms with Gasteiger partial charge in [0.15, 0.2) is 0 Å². The van der Waals surface area contributed by atoms with Crippen molar-refractivity contribution in [1.82, 2.24) is 19.0 Å². The number of ether oxygens (including phenoxy) is 1. The predicted octanol–water partition coefficient (Wildman–Crippen LogP) is 2.61. The summed E-state index contributed by atoms with van der Waals surface area (Å²) >= 11 is 0. The van der Waals surface area contributed by atoms with Gasteiger partial charge in [-0.3, -0.25) is 18.7 Å². The minimum Gasteiger partial charge on any atom is -0.378 e. The maximum atomic E-state index is 13.7. The van der Waals surface area contributed by atoms with Crippen molar-refractivity contribution in [2.45, 2.75) is 70.9 Å². The van der Waals surface area contributed by atoms with E-state index in [1.165, 1.54) is 30.9 Å². The molecule has 4 rings (SSSR count). The van der Waals surface area contributed by atoms with Gasteiger partial charge in [-0.2, -0.15) is 0 Å². The highest BCUT2D eigenvalue weighted by Crippen LogP contribution is 2.55. The predicted molar refractivity (Wildman–Crippen MR) is 123 cm³/mol. The second kappa shape index (κ2) is 8.81. The monoisotopic (exact) mass is 442 g/mol. The Hall–Kier alpha value is -2.48. The minimum absolute atomic E-state index is 0.0265. The average Bonchev–Trinajstić information content (AvgIpc) is 2.82. The Labute approximate surface area is 188 Å². The van der Waals surface area contributed by atoms with Crippen molar-refractivity contribution >= 4 is 16.9 Å². The standard InChI is InChI=1S/C24H34N4O4/c1-5-14-28(18-15-19(32-6-2)24(18)12-8-7-9-13-24)22(30)17-11-10-16-20(25-17)26(3)23(31)27(4)21(16)29/h10-11,18-19H,5-9,12-15H2,1-4H3/t18-,19-/m0/s1. The highest BCUT2D eigenvalue weighted by atomic mass is 16.5. The van der Waals surface area contributed by atoms with Gasteiger partial charge in [0.2, 0.25) is 0 Å². The van der Waals surface area contributed by atoms with Gasteiger partial charge in [-0.25, -0.2) is 9.78 Å². The lowest BCUT2D eigenvalue weighted by molar-refractivity contribution is -0.174. The molecule has 2 aromatic rings. The molecule has 0 aromatic carbocycles. The number of carbonyl (C=O) groups is 1. The van der Waals surface area contributed by atoms with E-state index in [0.29, 0.717) is 18.5 Å². The van der Waals surface area contributed by atoms with Crippen LogP contribution in [0.15, 0.2) is 21.7 Å². The van der Waals surface area contributed by atoms with Crippen molar-refractivity contribution in [3.05, 3.63) is 38.7 Å². The fraction of sp³-hybridized carbons (Fsp3) is 0.667. The van der Waals surface area contributed by atoms with E-state index in [-0.39, 0.29) is 34.8 Å². The summed E-state index contributed by atoms with van der Waals surface area (Å²) in [6, 6.07) is 3.37. The Morgan fingerprint density at radius 1 is 1.16 bits per heavy atom. The van der Waals surface area contributed by atoms with Crippen LogP contribution in [0.2, 0.25) is 0 Å². The Morgan fingerprint density at radius 2 is 1.88 bits per heavy atom. The molecule has 0 unspecified atom stereocenters. The van der Waals surface area contributed by atoms with Gasteiger partial charge >= 0.3 is 5.69 Å². The van der Waals surface area contributed by atoms with Gasteiger partial charge in [0.25, 0.3) is 11.5 Å². The van der Waals surface area contributed by atoms with Crippen molar-refractivity contribution in [2.24, 2.45) is 19.5 Å². The lowest BCUT2D eigenvalue weighted by Crippen LogP contribution is -2.66. The SMILES string of the molecule is CCCN(C(=O)c1ccc2c(=O)n(C)c(=O)n(C)c2n1)[C@H]1C[C@H](OCC)C12CCCCC2. The maximum absolute atomic E-state index is 13.7. The van der Waals surface area contributed by atoms with E-state index in [1.807, 2.05) is 11.8 Å². The van der Waals surface area contributed by atoms with Crippen molar-refractivity contribution in [2.75, 3.05) is 13.2 Å². The first kappa shape index (κ1) is 22.7. The van der Waals surface area contributed by atoms with E-state index in [0.717, 1.165) is 30.3 Å². The zero-order valence-electron chi connectivity index (χ0n) is 19.6. The molecule has 0 radical (unpaired) electrons. The molecule has 1 amide bonds. The Morgan fingerprint density at radius 3 is 2.53 bits per heavy atom. The normalized spacial score (nSPS) is 22.1. The van der Waals surface area contributed by atoms with Crippen molar-refractivity contribution in [3.8, 4) is 0 Å². The first-order chi connectivity index (χ1) is 15.4. The summed E-state index contributed by atoms with van der Waals surface area (Å²) in [6.07, 6.45) is 7.68. The molecule has 1 spiro atoms. The van der Waals surface area contributed by atoms with E-state index in [9.17, 15) is 14.4 Å². The third kappa shape index (κ3) is 3.49. The molecule has 174 valence electrons. The fourth-order valence-corrected chi connectivity index (χ4v) is 5.82. The topological polar surface area (TPSA) is 86.4 Å². The summed E-state index contributed by atoms with van der Waals surface area (Å²) in [7, 11) is 3.02. The number of nitrogens with zero attached hydrogens (tertiary/aromatic N) is 4. The van der Waals surface area contributed by atoms with Crippen LogP contribution in [0.1, 0.15) is 69.3 Å². The first-order valence-corrected chi connectivity index (χ1v) is 11.8. The molecule has 0 N–H and O–H groups in total. The number of aromatic nitrogens is 3. The van der Waals surface area contributed by atoms with Gasteiger partial charge in [-0.1, -0.05) is 26.2 Å². The summed E-state index contributed by atoms with van der Waals surface area (Å²) in [5.41, 5.74) is -0.309. The van der Waals surface area contributed by atoms with Crippen molar-refractivity contribution in [1.29, 1.82) is 0 Å². The number of carbonyl (C=O) groups excluding carboxylic acids is 1. The zero-order valence-corrected chi connectivity index (χ0v) is 19.6. The van der Waals surface area contributed by atoms with Crippen LogP contribution in [-0.4, -0.2) is 50.2 Å². The lowest BCUT2D eigenvalue weighted by Gasteiger charge is -2.60. The molecule has 0 bridgehead atoms. The van der Waals surface area contributed by atoms with E-state index < -0.39 is 11.2 Å². The molecule has 2 heterocycles. The number of aryl methyl sites for hydroxylation is 1. The Kier molecular flexibility index (Phi) is 6.25. The molecule has 32 heavy (non-hydrogen) atoms. The van der Waals surface area contributed by atoms with Gasteiger partial charge in [-0.15, -0.1) is 0 Å². The molecule has 0 aliphatic heterocycles. The quantitative estimate of drug-likeness (QED) is 0.686. The van der Waals surface area contributed by atoms with Crippen LogP contribution in [0.25, 0.3) is 11.0 Å². The van der Waals surface area contributed by atoms with Gasteiger partial charge < -0.3 is 9.64 Å². The van der Waals surface area contributed by atoms with Gasteiger partial charge in [-0.05, 0) is 44.7 Å². The molecule has 8 heteroatoms. The number of rotatable bonds is 6. The van der Waals surface area contributed by atoms with E-state index >= 15 is 0 Å². The van der Waals surface area contributed by atoms with Crippen LogP contribution in [-0.2, 0) is 18.8 Å². The van der Waals surface area contributed by atoms with Crippen molar-refractivity contribution < 1.29 is 9.53 Å². The smallest absolute Gasteiger partial charge is 0.332 e. The summed E-state index contributed by atoms with van der Waals surface area (Å²) in [4.78, 5) is 45.0. The number of hydrogen-bond acceptors (Lipinski definition) is 5. The largest absolute Gasteiger partial charge is 0.378 e. The molecule has 2 fully saturated rings. The number of amides is 1. The van der Waals surface area contributed by atoms with Crippen LogP contribution < -0.4 is 11.2 Å². The Balaban J connectivity index is 1.72. The van der Waals surface area contributed by atoms with Crippen LogP contribution >= 0.6 is 0 Å². The number of hydrogen-bond donors (Lipinski definition) is 0. The van der Waals surface area contributed by atoms with Gasteiger partial charge in [0.05, 0.1) is 11.5 Å². The third-order valence-electron chi connectivity index (χ3n) is 7.52. The highest BCUT2D eigenvalue weighted by molar-refractivity contribution is 5.94. The van der Waals surface area contributed by atoms with Crippen molar-refractivity contribution in [3.63, 3.8) is 0 Å². The molecule has 2 atom stereocenters. The van der Waals surface area contributed by atoms with Crippen LogP contribution in [0.3, 0.4) is 0 Å². The summed E-state index contributed by atoms with van der Waals surface area (Å²) in [5.74, 6) is -0.133. The highest BCUT2D eigenvalue weighted by Gasteiger charge is 2.58. The second-order valence-electron chi connectivity index (χ2n) is 9.26. The molecule has 2 aromatic heterocycles. The van der Waals surface area contributed by atoms with E-state index in [2.05, 4.69) is 11.9 Å². The molecular weight excluding hydrogens is 408 g/mol. The second-order valence-corrected chi connectivity index (χ2v) is 9.26. The van der Waals surface area contributed by atoms with E-state index in [1.54, 1.807) is 19.2 Å². The first-order valence-electron chi connectivity index (χ1n) is 11.8. The number of fused-ring (bicyclic) bond motifs is 1. The summed E-state index contributed by atoms with van der Waals surface area (Å²) in [6.45, 7) is 5.45. The fourth-order valence-electron chi connectivity index (χ4n) is 5.82. The number of pyridine rings is 1. The van der Waals surface area contributed by atoms with Crippen LogP contribution in [0.4, 0.5) is 0 Å². The molecule has 8 nitrogen and oxygen atoms in total. The van der Waals surface area contributed by atoms with Gasteiger partial charge in [0.1, 0.15) is 11.3 Å². The molecule has 2 aliphatic rings. The third-order valence-corrected chi connectivity index (χ3v) is 7.52. The Bertz CT molecular complexity index is 1130. The van der Waals surface area contributed by atoms with Gasteiger partial charge in [0, 0.05) is 38.7 Å².